The Labute approximate surface area is 102 Å². The van der Waals surface area contributed by atoms with Gasteiger partial charge in [-0.25, -0.2) is 4.79 Å². The number of urea groups is 1. The summed E-state index contributed by atoms with van der Waals surface area (Å²) in [5.74, 6) is 0. The van der Waals surface area contributed by atoms with E-state index in [0.717, 1.165) is 37.4 Å². The normalized spacial score (nSPS) is 16.9. The zero-order valence-electron chi connectivity index (χ0n) is 10.4. The lowest BCUT2D eigenvalue weighted by atomic mass is 10.2. The molecular weight excluding hydrogens is 214 g/mol. The third-order valence-electron chi connectivity index (χ3n) is 3.06. The number of benzene rings is 1. The lowest BCUT2D eigenvalue weighted by Crippen LogP contribution is -2.48. The van der Waals surface area contributed by atoms with E-state index in [-0.39, 0.29) is 6.03 Å². The molecule has 0 aromatic heterocycles. The topological polar surface area (TPSA) is 35.6 Å². The number of rotatable bonds is 1. The molecule has 1 N–H and O–H groups in total. The van der Waals surface area contributed by atoms with Gasteiger partial charge in [-0.2, -0.15) is 0 Å². The predicted molar refractivity (Wildman–Crippen MR) is 69.3 cm³/mol. The summed E-state index contributed by atoms with van der Waals surface area (Å²) in [6, 6.07) is 7.87. The van der Waals surface area contributed by atoms with Crippen LogP contribution in [0.5, 0.6) is 0 Å². The summed E-state index contributed by atoms with van der Waals surface area (Å²) in [7, 11) is 2.08. The maximum Gasteiger partial charge on any atom is 0.321 e. The largest absolute Gasteiger partial charge is 0.322 e. The van der Waals surface area contributed by atoms with Crippen LogP contribution in [0.1, 0.15) is 5.56 Å². The van der Waals surface area contributed by atoms with Crippen LogP contribution in [-0.4, -0.2) is 49.1 Å². The van der Waals surface area contributed by atoms with Crippen LogP contribution in [0, 0.1) is 6.92 Å². The molecule has 0 bridgehead atoms. The van der Waals surface area contributed by atoms with Gasteiger partial charge in [-0.15, -0.1) is 0 Å². The molecule has 17 heavy (non-hydrogen) atoms. The first-order valence-electron chi connectivity index (χ1n) is 5.96. The smallest absolute Gasteiger partial charge is 0.321 e. The van der Waals surface area contributed by atoms with E-state index in [1.54, 1.807) is 0 Å². The van der Waals surface area contributed by atoms with E-state index in [1.807, 2.05) is 36.1 Å². The molecule has 4 nitrogen and oxygen atoms in total. The van der Waals surface area contributed by atoms with E-state index in [9.17, 15) is 4.79 Å². The van der Waals surface area contributed by atoms with Gasteiger partial charge in [0.1, 0.15) is 0 Å². The quantitative estimate of drug-likeness (QED) is 0.802. The molecule has 1 fully saturated rings. The van der Waals surface area contributed by atoms with Crippen molar-refractivity contribution in [3.8, 4) is 0 Å². The standard InChI is InChI=1S/C13H19N3O/c1-11-4-3-5-12(10-11)14-13(17)16-8-6-15(2)7-9-16/h3-5,10H,6-9H2,1-2H3,(H,14,17). The Morgan fingerprint density at radius 3 is 2.59 bits per heavy atom. The highest BCUT2D eigenvalue weighted by molar-refractivity contribution is 5.89. The third-order valence-corrected chi connectivity index (χ3v) is 3.06. The summed E-state index contributed by atoms with van der Waals surface area (Å²) in [4.78, 5) is 16.1. The molecule has 92 valence electrons. The Morgan fingerprint density at radius 2 is 1.94 bits per heavy atom. The molecule has 0 unspecified atom stereocenters. The third kappa shape index (κ3) is 3.20. The lowest BCUT2D eigenvalue weighted by molar-refractivity contribution is 0.164. The summed E-state index contributed by atoms with van der Waals surface area (Å²) in [5.41, 5.74) is 2.02. The predicted octanol–water partition coefficient (Wildman–Crippen LogP) is 1.77. The number of hydrogen-bond donors (Lipinski definition) is 1. The molecule has 0 radical (unpaired) electrons. The minimum atomic E-state index is 0.00343. The van der Waals surface area contributed by atoms with Gasteiger partial charge in [0, 0.05) is 31.9 Å². The number of anilines is 1. The van der Waals surface area contributed by atoms with E-state index in [4.69, 9.17) is 0 Å². The molecule has 1 saturated heterocycles. The molecule has 1 aromatic carbocycles. The van der Waals surface area contributed by atoms with Gasteiger partial charge < -0.3 is 15.1 Å². The molecule has 1 aliphatic heterocycles. The molecule has 4 heteroatoms. The second-order valence-electron chi connectivity index (χ2n) is 4.59. The number of carbonyl (C=O) groups excluding carboxylic acids is 1. The van der Waals surface area contributed by atoms with Crippen molar-refractivity contribution in [1.82, 2.24) is 9.80 Å². The molecule has 0 spiro atoms. The minimum Gasteiger partial charge on any atom is -0.322 e. The first-order valence-corrected chi connectivity index (χ1v) is 5.96. The van der Waals surface area contributed by atoms with Gasteiger partial charge in [0.05, 0.1) is 0 Å². The summed E-state index contributed by atoms with van der Waals surface area (Å²) >= 11 is 0. The summed E-state index contributed by atoms with van der Waals surface area (Å²) < 4.78 is 0. The first-order chi connectivity index (χ1) is 8.15. The van der Waals surface area contributed by atoms with E-state index >= 15 is 0 Å². The average Bonchev–Trinajstić information content (AvgIpc) is 2.29. The van der Waals surface area contributed by atoms with Crippen LogP contribution in [0.4, 0.5) is 10.5 Å². The zero-order valence-corrected chi connectivity index (χ0v) is 10.4. The molecule has 0 aliphatic carbocycles. The van der Waals surface area contributed by atoms with Crippen molar-refractivity contribution in [2.24, 2.45) is 0 Å². The van der Waals surface area contributed by atoms with Crippen molar-refractivity contribution < 1.29 is 4.79 Å². The van der Waals surface area contributed by atoms with E-state index in [1.165, 1.54) is 0 Å². The zero-order chi connectivity index (χ0) is 12.3. The second kappa shape index (κ2) is 5.19. The van der Waals surface area contributed by atoms with Crippen LogP contribution >= 0.6 is 0 Å². The van der Waals surface area contributed by atoms with Gasteiger partial charge in [-0.05, 0) is 31.7 Å². The summed E-state index contributed by atoms with van der Waals surface area (Å²) in [6.45, 7) is 5.51. The fourth-order valence-electron chi connectivity index (χ4n) is 1.93. The monoisotopic (exact) mass is 233 g/mol. The lowest BCUT2D eigenvalue weighted by Gasteiger charge is -2.32. The van der Waals surface area contributed by atoms with Crippen LogP contribution in [0.15, 0.2) is 24.3 Å². The van der Waals surface area contributed by atoms with Gasteiger partial charge in [-0.3, -0.25) is 0 Å². The van der Waals surface area contributed by atoms with Gasteiger partial charge in [-0.1, -0.05) is 12.1 Å². The number of aryl methyl sites for hydroxylation is 1. The van der Waals surface area contributed by atoms with Crippen LogP contribution in [-0.2, 0) is 0 Å². The number of hydrogen-bond acceptors (Lipinski definition) is 2. The highest BCUT2D eigenvalue weighted by atomic mass is 16.2. The molecule has 0 atom stereocenters. The Morgan fingerprint density at radius 1 is 1.24 bits per heavy atom. The number of nitrogens with one attached hydrogen (secondary N) is 1. The Kier molecular flexibility index (Phi) is 3.64. The number of carbonyl (C=O) groups is 1. The minimum absolute atomic E-state index is 0.00343. The van der Waals surface area contributed by atoms with Gasteiger partial charge in [0.2, 0.25) is 0 Å². The van der Waals surface area contributed by atoms with Crippen molar-refractivity contribution in [1.29, 1.82) is 0 Å². The van der Waals surface area contributed by atoms with Crippen molar-refractivity contribution in [3.63, 3.8) is 0 Å². The maximum absolute atomic E-state index is 12.0. The van der Waals surface area contributed by atoms with Crippen LogP contribution in [0.25, 0.3) is 0 Å². The fourth-order valence-corrected chi connectivity index (χ4v) is 1.93. The van der Waals surface area contributed by atoms with E-state index in [0.29, 0.717) is 0 Å². The van der Waals surface area contributed by atoms with Gasteiger partial charge >= 0.3 is 6.03 Å². The maximum atomic E-state index is 12.0. The van der Waals surface area contributed by atoms with Gasteiger partial charge in [0.25, 0.3) is 0 Å². The molecule has 2 rings (SSSR count). The Hall–Kier alpha value is -1.55. The average molecular weight is 233 g/mol. The van der Waals surface area contributed by atoms with Crippen LogP contribution in [0.3, 0.4) is 0 Å². The second-order valence-corrected chi connectivity index (χ2v) is 4.59. The molecule has 1 aliphatic rings. The number of likely N-dealkylation sites (N-methyl/N-ethyl adjacent to an activating group) is 1. The Bertz CT molecular complexity index is 397. The van der Waals surface area contributed by atoms with Crippen LogP contribution < -0.4 is 5.32 Å². The fraction of sp³-hybridized carbons (Fsp3) is 0.462. The van der Waals surface area contributed by atoms with Crippen molar-refractivity contribution in [3.05, 3.63) is 29.8 Å². The van der Waals surface area contributed by atoms with Crippen LogP contribution in [0.2, 0.25) is 0 Å². The summed E-state index contributed by atoms with van der Waals surface area (Å²) in [6.07, 6.45) is 0. The molecule has 0 saturated carbocycles. The first kappa shape index (κ1) is 11.9. The van der Waals surface area contributed by atoms with Gasteiger partial charge in [0.15, 0.2) is 0 Å². The Balaban J connectivity index is 1.93. The van der Waals surface area contributed by atoms with Crippen molar-refractivity contribution >= 4 is 11.7 Å². The van der Waals surface area contributed by atoms with Crippen molar-refractivity contribution in [2.45, 2.75) is 6.92 Å². The molecular formula is C13H19N3O. The van der Waals surface area contributed by atoms with E-state index < -0.39 is 0 Å². The van der Waals surface area contributed by atoms with Crippen molar-refractivity contribution in [2.75, 3.05) is 38.5 Å². The SMILES string of the molecule is Cc1cccc(NC(=O)N2CCN(C)CC2)c1. The number of amides is 2. The number of nitrogens with zero attached hydrogens (tertiary/aromatic N) is 2. The molecule has 1 heterocycles. The highest BCUT2D eigenvalue weighted by Crippen LogP contribution is 2.11. The highest BCUT2D eigenvalue weighted by Gasteiger charge is 2.18. The molecule has 1 aromatic rings. The van der Waals surface area contributed by atoms with E-state index in [2.05, 4.69) is 17.3 Å². The summed E-state index contributed by atoms with van der Waals surface area (Å²) in [5, 5.41) is 2.94. The molecule has 2 amide bonds. The number of piperazine rings is 1.